The predicted octanol–water partition coefficient (Wildman–Crippen LogP) is 4.80. The van der Waals surface area contributed by atoms with Crippen LogP contribution in [0.3, 0.4) is 0 Å². The molecule has 2 saturated heterocycles. The maximum absolute atomic E-state index is 13.3. The van der Waals surface area contributed by atoms with Crippen LogP contribution in [-0.2, 0) is 9.09 Å². The summed E-state index contributed by atoms with van der Waals surface area (Å²) in [5.74, 6) is 1.23. The third-order valence-corrected chi connectivity index (χ3v) is 8.83. The molecule has 0 spiro atoms. The lowest BCUT2D eigenvalue weighted by atomic mass is 10.1. The Kier molecular flexibility index (Phi) is 4.64. The van der Waals surface area contributed by atoms with E-state index in [-0.39, 0.29) is 6.10 Å². The minimum absolute atomic E-state index is 0.339. The van der Waals surface area contributed by atoms with Crippen molar-refractivity contribution < 1.29 is 13.8 Å². The Labute approximate surface area is 173 Å². The largest absolute Gasteiger partial charge is 0.455 e. The van der Waals surface area contributed by atoms with E-state index in [4.69, 9.17) is 15.0 Å². The zero-order valence-electron chi connectivity index (χ0n) is 16.4. The van der Waals surface area contributed by atoms with Crippen LogP contribution in [0.1, 0.15) is 23.6 Å². The van der Waals surface area contributed by atoms with E-state index in [1.165, 1.54) is 0 Å². The normalized spacial score (nSPS) is 18.1. The van der Waals surface area contributed by atoms with Crippen molar-refractivity contribution in [2.24, 2.45) is 0 Å². The fourth-order valence-corrected chi connectivity index (χ4v) is 6.43. The number of nitrogen functional groups attached to an aromatic ring is 1. The number of benzene rings is 2. The molecular formula is C20H23N4O3PS. The summed E-state index contributed by atoms with van der Waals surface area (Å²) in [5, 5.41) is 1.02. The first kappa shape index (κ1) is 19.0. The molecule has 2 fully saturated rings. The quantitative estimate of drug-likeness (QED) is 0.328. The maximum Gasteiger partial charge on any atom is 0.346 e. The van der Waals surface area contributed by atoms with Gasteiger partial charge in [0.25, 0.3) is 0 Å². The molecule has 0 saturated carbocycles. The molecule has 1 atom stereocenters. The number of nitrogens with zero attached hydrogens (tertiary/aromatic N) is 3. The number of aromatic nitrogens is 1. The van der Waals surface area contributed by atoms with Crippen LogP contribution < -0.4 is 10.5 Å². The third-order valence-electron chi connectivity index (χ3n) is 5.06. The smallest absolute Gasteiger partial charge is 0.346 e. The molecule has 2 N–H and O–H groups in total. The van der Waals surface area contributed by atoms with Crippen molar-refractivity contribution in [1.29, 1.82) is 0 Å². The van der Waals surface area contributed by atoms with Crippen molar-refractivity contribution in [1.82, 2.24) is 14.3 Å². The Morgan fingerprint density at radius 1 is 1.14 bits per heavy atom. The second-order valence-electron chi connectivity index (χ2n) is 7.41. The summed E-state index contributed by atoms with van der Waals surface area (Å²) in [7, 11) is -2.89. The number of hydrogen-bond donors (Lipinski definition) is 1. The van der Waals surface area contributed by atoms with Crippen LogP contribution in [0.2, 0.25) is 0 Å². The third kappa shape index (κ3) is 3.79. The van der Waals surface area contributed by atoms with E-state index in [2.05, 4.69) is 4.98 Å². The Bertz CT molecular complexity index is 1110. The van der Waals surface area contributed by atoms with E-state index in [0.29, 0.717) is 17.2 Å². The molecule has 0 aliphatic carbocycles. The van der Waals surface area contributed by atoms with E-state index in [9.17, 15) is 4.57 Å². The van der Waals surface area contributed by atoms with Gasteiger partial charge in [-0.1, -0.05) is 6.07 Å². The Morgan fingerprint density at radius 3 is 2.55 bits per heavy atom. The minimum atomic E-state index is -2.89. The van der Waals surface area contributed by atoms with Crippen molar-refractivity contribution >= 4 is 34.9 Å². The van der Waals surface area contributed by atoms with Gasteiger partial charge in [-0.3, -0.25) is 9.09 Å². The predicted molar refractivity (Wildman–Crippen MR) is 116 cm³/mol. The Morgan fingerprint density at radius 2 is 1.86 bits per heavy atom. The SMILES string of the molecule is Cc1nc2cc(Oc3cc(C(C)OP(=O)(N4CC4)N4CC4)ccc3N)ccc2s1. The summed E-state index contributed by atoms with van der Waals surface area (Å²) in [6, 6.07) is 11.4. The van der Waals surface area contributed by atoms with Gasteiger partial charge in [0.1, 0.15) is 5.75 Å². The fourth-order valence-electron chi connectivity index (χ4n) is 3.28. The van der Waals surface area contributed by atoms with Gasteiger partial charge in [0.05, 0.1) is 27.0 Å². The summed E-state index contributed by atoms with van der Waals surface area (Å²) >= 11 is 1.65. The van der Waals surface area contributed by atoms with Crippen molar-refractivity contribution in [3.05, 3.63) is 47.0 Å². The molecule has 7 nitrogen and oxygen atoms in total. The molecule has 9 heteroatoms. The van der Waals surface area contributed by atoms with Crippen molar-refractivity contribution in [3.63, 3.8) is 0 Å². The number of fused-ring (bicyclic) bond motifs is 1. The summed E-state index contributed by atoms with van der Waals surface area (Å²) < 4.78 is 30.4. The zero-order valence-corrected chi connectivity index (χ0v) is 18.1. The number of rotatable bonds is 7. The molecule has 0 amide bonds. The Balaban J connectivity index is 1.38. The van der Waals surface area contributed by atoms with Gasteiger partial charge in [-0.15, -0.1) is 11.3 Å². The van der Waals surface area contributed by atoms with Crippen LogP contribution in [0.25, 0.3) is 10.2 Å². The first-order chi connectivity index (χ1) is 13.9. The zero-order chi connectivity index (χ0) is 20.2. The van der Waals surface area contributed by atoms with E-state index < -0.39 is 7.67 Å². The van der Waals surface area contributed by atoms with Gasteiger partial charge in [-0.25, -0.2) is 14.3 Å². The highest BCUT2D eigenvalue weighted by atomic mass is 32.1. The molecule has 1 aromatic heterocycles. The van der Waals surface area contributed by atoms with Crippen LogP contribution in [-0.4, -0.2) is 40.5 Å². The monoisotopic (exact) mass is 430 g/mol. The lowest BCUT2D eigenvalue weighted by molar-refractivity contribution is 0.200. The number of nitrogens with two attached hydrogens (primary N) is 1. The van der Waals surface area contributed by atoms with Crippen LogP contribution in [0, 0.1) is 6.92 Å². The molecule has 3 aromatic rings. The first-order valence-electron chi connectivity index (χ1n) is 9.66. The van der Waals surface area contributed by atoms with Crippen molar-refractivity contribution in [2.45, 2.75) is 20.0 Å². The fraction of sp³-hybridized carbons (Fsp3) is 0.350. The highest BCUT2D eigenvalue weighted by Crippen LogP contribution is 2.63. The number of anilines is 1. The van der Waals surface area contributed by atoms with Gasteiger partial charge in [0.2, 0.25) is 0 Å². The van der Waals surface area contributed by atoms with E-state index in [1.54, 1.807) is 17.4 Å². The molecule has 2 aliphatic rings. The lowest BCUT2D eigenvalue weighted by Gasteiger charge is -2.24. The molecule has 0 radical (unpaired) electrons. The average molecular weight is 430 g/mol. The summed E-state index contributed by atoms with van der Waals surface area (Å²) in [6.07, 6.45) is -0.339. The first-order valence-corrected chi connectivity index (χ1v) is 12.0. The molecule has 3 heterocycles. The second kappa shape index (κ2) is 7.07. The van der Waals surface area contributed by atoms with E-state index in [0.717, 1.165) is 47.0 Å². The molecule has 2 aliphatic heterocycles. The molecule has 2 aromatic carbocycles. The van der Waals surface area contributed by atoms with Gasteiger partial charge in [0.15, 0.2) is 5.75 Å². The molecule has 0 bridgehead atoms. The topological polar surface area (TPSA) is 80.5 Å². The second-order valence-corrected chi connectivity index (χ2v) is 11.0. The van der Waals surface area contributed by atoms with Crippen LogP contribution in [0.4, 0.5) is 5.69 Å². The molecule has 152 valence electrons. The average Bonchev–Trinajstić information content (AvgIpc) is 3.58. The van der Waals surface area contributed by atoms with Crippen LogP contribution in [0.5, 0.6) is 11.5 Å². The highest BCUT2D eigenvalue weighted by Gasteiger charge is 2.50. The maximum atomic E-state index is 13.3. The lowest BCUT2D eigenvalue weighted by Crippen LogP contribution is -2.10. The molecule has 1 unspecified atom stereocenters. The van der Waals surface area contributed by atoms with Crippen molar-refractivity contribution in [3.8, 4) is 11.5 Å². The highest BCUT2D eigenvalue weighted by molar-refractivity contribution is 7.54. The van der Waals surface area contributed by atoms with E-state index in [1.807, 2.05) is 53.5 Å². The molecular weight excluding hydrogens is 407 g/mol. The van der Waals surface area contributed by atoms with Gasteiger partial charge in [-0.05, 0) is 43.7 Å². The minimum Gasteiger partial charge on any atom is -0.455 e. The van der Waals surface area contributed by atoms with Crippen LogP contribution >= 0.6 is 19.0 Å². The van der Waals surface area contributed by atoms with Gasteiger partial charge >= 0.3 is 7.67 Å². The number of hydrogen-bond acceptors (Lipinski definition) is 6. The van der Waals surface area contributed by atoms with Gasteiger partial charge < -0.3 is 10.5 Å². The van der Waals surface area contributed by atoms with E-state index >= 15 is 0 Å². The Hall–Kier alpha value is -1.96. The standard InChI is InChI=1S/C20H23N4O3PS/c1-13(27-28(25,23-7-8-23)24-9-10-24)15-3-5-17(21)19(11-15)26-16-4-6-20-18(12-16)22-14(2)29-20/h3-6,11-13H,7-10,21H2,1-2H3. The molecule has 5 rings (SSSR count). The summed E-state index contributed by atoms with van der Waals surface area (Å²) in [6.45, 7) is 7.22. The number of ether oxygens (including phenoxy) is 1. The van der Waals surface area contributed by atoms with Gasteiger partial charge in [0, 0.05) is 32.2 Å². The number of thiazole rings is 1. The molecule has 29 heavy (non-hydrogen) atoms. The number of aryl methyl sites for hydroxylation is 1. The van der Waals surface area contributed by atoms with Gasteiger partial charge in [-0.2, -0.15) is 0 Å². The summed E-state index contributed by atoms with van der Waals surface area (Å²) in [4.78, 5) is 4.52. The van der Waals surface area contributed by atoms with Crippen molar-refractivity contribution in [2.75, 3.05) is 31.9 Å². The summed E-state index contributed by atoms with van der Waals surface area (Å²) in [5.41, 5.74) is 8.47. The van der Waals surface area contributed by atoms with Crippen LogP contribution in [0.15, 0.2) is 36.4 Å².